The van der Waals surface area contributed by atoms with Crippen LogP contribution in [0.15, 0.2) is 81.5 Å². The van der Waals surface area contributed by atoms with Crippen molar-refractivity contribution in [2.45, 2.75) is 16.7 Å². The maximum atomic E-state index is 13.4. The van der Waals surface area contributed by atoms with Crippen LogP contribution < -0.4 is 5.48 Å². The van der Waals surface area contributed by atoms with Crippen molar-refractivity contribution in [1.29, 1.82) is 0 Å². The standard InChI is InChI=1S/C22H17FN2O2S/c1-2-27-25-22(26)15-9-12-20-18(13-15)24-21(14-7-10-16(23)11-8-14)17-5-3-4-6-19(17)28-20/h3-13H,2H2,1H3,(H,25,26). The van der Waals surface area contributed by atoms with E-state index in [4.69, 9.17) is 9.83 Å². The number of rotatable bonds is 4. The van der Waals surface area contributed by atoms with Crippen molar-refractivity contribution in [2.24, 2.45) is 4.99 Å². The van der Waals surface area contributed by atoms with Gasteiger partial charge < -0.3 is 0 Å². The molecule has 28 heavy (non-hydrogen) atoms. The number of carbonyl (C=O) groups excluding carboxylic acids is 1. The number of halogens is 1. The highest BCUT2D eigenvalue weighted by Gasteiger charge is 2.20. The van der Waals surface area contributed by atoms with E-state index < -0.39 is 0 Å². The van der Waals surface area contributed by atoms with Gasteiger partial charge in [-0.3, -0.25) is 9.63 Å². The predicted molar refractivity (Wildman–Crippen MR) is 108 cm³/mol. The number of nitrogens with zero attached hydrogens (tertiary/aromatic N) is 1. The van der Waals surface area contributed by atoms with Crippen molar-refractivity contribution >= 4 is 29.1 Å². The van der Waals surface area contributed by atoms with E-state index in [1.54, 1.807) is 43.0 Å². The third-order valence-electron chi connectivity index (χ3n) is 4.24. The molecule has 1 heterocycles. The molecule has 0 aromatic heterocycles. The summed E-state index contributed by atoms with van der Waals surface area (Å²) in [6, 6.07) is 19.6. The summed E-state index contributed by atoms with van der Waals surface area (Å²) in [4.78, 5) is 24.1. The van der Waals surface area contributed by atoms with Crippen molar-refractivity contribution in [3.63, 3.8) is 0 Å². The van der Waals surface area contributed by atoms with E-state index in [-0.39, 0.29) is 11.7 Å². The quantitative estimate of drug-likeness (QED) is 0.489. The van der Waals surface area contributed by atoms with Crippen molar-refractivity contribution < 1.29 is 14.0 Å². The highest BCUT2D eigenvalue weighted by molar-refractivity contribution is 7.99. The Morgan fingerprint density at radius 1 is 1.07 bits per heavy atom. The maximum absolute atomic E-state index is 13.4. The molecule has 0 saturated heterocycles. The van der Waals surface area contributed by atoms with Crippen LogP contribution in [0.25, 0.3) is 0 Å². The van der Waals surface area contributed by atoms with E-state index in [9.17, 15) is 9.18 Å². The number of hydroxylamine groups is 1. The fourth-order valence-electron chi connectivity index (χ4n) is 2.91. The molecule has 0 aliphatic carbocycles. The average Bonchev–Trinajstić information content (AvgIpc) is 2.88. The summed E-state index contributed by atoms with van der Waals surface area (Å²) in [6.07, 6.45) is 0. The van der Waals surface area contributed by atoms with Crippen molar-refractivity contribution in [1.82, 2.24) is 5.48 Å². The van der Waals surface area contributed by atoms with Gasteiger partial charge in [-0.2, -0.15) is 0 Å². The molecule has 3 aromatic carbocycles. The van der Waals surface area contributed by atoms with E-state index in [0.29, 0.717) is 17.9 Å². The number of hydrogen-bond donors (Lipinski definition) is 1. The number of benzene rings is 3. The van der Waals surface area contributed by atoms with Crippen LogP contribution in [-0.2, 0) is 4.84 Å². The fraction of sp³-hybridized carbons (Fsp3) is 0.0909. The molecule has 0 atom stereocenters. The maximum Gasteiger partial charge on any atom is 0.274 e. The molecule has 0 unspecified atom stereocenters. The van der Waals surface area contributed by atoms with Gasteiger partial charge in [0.2, 0.25) is 0 Å². The van der Waals surface area contributed by atoms with E-state index in [0.717, 1.165) is 26.6 Å². The molecule has 6 heteroatoms. The van der Waals surface area contributed by atoms with E-state index >= 15 is 0 Å². The summed E-state index contributed by atoms with van der Waals surface area (Å²) in [5.74, 6) is -0.620. The summed E-state index contributed by atoms with van der Waals surface area (Å²) in [5, 5.41) is 0. The minimum absolute atomic E-state index is 0.295. The van der Waals surface area contributed by atoms with Gasteiger partial charge in [0, 0.05) is 26.5 Å². The molecule has 4 rings (SSSR count). The molecule has 3 aromatic rings. The molecule has 1 amide bonds. The van der Waals surface area contributed by atoms with Crippen LogP contribution in [0.2, 0.25) is 0 Å². The number of aliphatic imine (C=N–C) groups is 1. The van der Waals surface area contributed by atoms with Gasteiger partial charge in [-0.05, 0) is 55.5 Å². The molecule has 1 aliphatic rings. The van der Waals surface area contributed by atoms with Gasteiger partial charge in [-0.15, -0.1) is 0 Å². The molecule has 0 radical (unpaired) electrons. The number of fused-ring (bicyclic) bond motifs is 2. The number of hydrogen-bond acceptors (Lipinski definition) is 4. The normalized spacial score (nSPS) is 12.4. The lowest BCUT2D eigenvalue weighted by Gasteiger charge is -2.08. The van der Waals surface area contributed by atoms with Crippen LogP contribution >= 0.6 is 11.8 Å². The molecule has 1 N–H and O–H groups in total. The monoisotopic (exact) mass is 392 g/mol. The largest absolute Gasteiger partial charge is 0.274 e. The van der Waals surface area contributed by atoms with Crippen molar-refractivity contribution in [3.8, 4) is 0 Å². The zero-order valence-electron chi connectivity index (χ0n) is 15.1. The van der Waals surface area contributed by atoms with E-state index in [1.807, 2.05) is 30.3 Å². The molecule has 0 bridgehead atoms. The zero-order chi connectivity index (χ0) is 19.5. The first-order valence-corrected chi connectivity index (χ1v) is 9.65. The van der Waals surface area contributed by atoms with Crippen molar-refractivity contribution in [2.75, 3.05) is 6.61 Å². The molecular formula is C22H17FN2O2S. The molecule has 4 nitrogen and oxygen atoms in total. The van der Waals surface area contributed by atoms with Gasteiger partial charge in [-0.25, -0.2) is 14.9 Å². The van der Waals surface area contributed by atoms with Gasteiger partial charge in [0.15, 0.2) is 0 Å². The Bertz CT molecular complexity index is 1060. The highest BCUT2D eigenvalue weighted by atomic mass is 32.2. The minimum atomic E-state index is -0.324. The van der Waals surface area contributed by atoms with Crippen LogP contribution in [-0.4, -0.2) is 18.2 Å². The van der Waals surface area contributed by atoms with Crippen LogP contribution in [0.5, 0.6) is 0 Å². The van der Waals surface area contributed by atoms with Crippen LogP contribution in [0, 0.1) is 5.82 Å². The lowest BCUT2D eigenvalue weighted by molar-refractivity contribution is 0.0364. The molecule has 0 spiro atoms. The number of carbonyl (C=O) groups is 1. The summed E-state index contributed by atoms with van der Waals surface area (Å²) < 4.78 is 13.4. The lowest BCUT2D eigenvalue weighted by Crippen LogP contribution is -2.23. The lowest BCUT2D eigenvalue weighted by atomic mass is 10.0. The highest BCUT2D eigenvalue weighted by Crippen LogP contribution is 2.41. The average molecular weight is 392 g/mol. The van der Waals surface area contributed by atoms with Crippen molar-refractivity contribution in [3.05, 3.63) is 89.2 Å². The second-order valence-electron chi connectivity index (χ2n) is 6.11. The topological polar surface area (TPSA) is 50.7 Å². The summed E-state index contributed by atoms with van der Waals surface area (Å²) in [6.45, 7) is 2.18. The Hall–Kier alpha value is -2.96. The zero-order valence-corrected chi connectivity index (χ0v) is 15.9. The van der Waals surface area contributed by atoms with Crippen LogP contribution in [0.1, 0.15) is 28.4 Å². The smallest absolute Gasteiger partial charge is 0.274 e. The Kier molecular flexibility index (Phi) is 5.23. The van der Waals surface area contributed by atoms with Gasteiger partial charge in [0.05, 0.1) is 18.0 Å². The molecular weight excluding hydrogens is 375 g/mol. The third-order valence-corrected chi connectivity index (χ3v) is 5.38. The second kappa shape index (κ2) is 7.96. The molecule has 140 valence electrons. The minimum Gasteiger partial charge on any atom is -0.274 e. The predicted octanol–water partition coefficient (Wildman–Crippen LogP) is 5.14. The Balaban J connectivity index is 1.84. The van der Waals surface area contributed by atoms with E-state index in [2.05, 4.69) is 5.48 Å². The molecule has 0 saturated carbocycles. The van der Waals surface area contributed by atoms with Gasteiger partial charge >= 0.3 is 0 Å². The van der Waals surface area contributed by atoms with Crippen LogP contribution in [0.4, 0.5) is 10.1 Å². The Labute approximate surface area is 166 Å². The molecule has 0 fully saturated rings. The summed E-state index contributed by atoms with van der Waals surface area (Å²) >= 11 is 1.59. The van der Waals surface area contributed by atoms with Gasteiger partial charge in [-0.1, -0.05) is 30.0 Å². The van der Waals surface area contributed by atoms with E-state index in [1.165, 1.54) is 12.1 Å². The first-order chi connectivity index (χ1) is 13.7. The Morgan fingerprint density at radius 2 is 1.86 bits per heavy atom. The number of amides is 1. The molecule has 1 aliphatic heterocycles. The summed E-state index contributed by atoms with van der Waals surface area (Å²) in [7, 11) is 0. The first-order valence-electron chi connectivity index (χ1n) is 8.84. The fourth-order valence-corrected chi connectivity index (χ4v) is 3.91. The van der Waals surface area contributed by atoms with Gasteiger partial charge in [0.1, 0.15) is 5.82 Å². The first kappa shape index (κ1) is 18.4. The van der Waals surface area contributed by atoms with Gasteiger partial charge in [0.25, 0.3) is 5.91 Å². The third kappa shape index (κ3) is 3.69. The second-order valence-corrected chi connectivity index (χ2v) is 7.20. The SMILES string of the molecule is CCONC(=O)c1ccc2c(c1)N=C(c1ccc(F)cc1)c1ccccc1S2. The number of nitrogens with one attached hydrogen (secondary N) is 1. The van der Waals surface area contributed by atoms with Crippen LogP contribution in [0.3, 0.4) is 0 Å². The summed E-state index contributed by atoms with van der Waals surface area (Å²) in [5.41, 5.74) is 6.07. The Morgan fingerprint density at radius 3 is 2.64 bits per heavy atom.